The predicted molar refractivity (Wildman–Crippen MR) is 229 cm³/mol. The van der Waals surface area contributed by atoms with Gasteiger partial charge in [-0.15, -0.1) is 0 Å². The first-order valence-electron chi connectivity index (χ1n) is 20.8. The average Bonchev–Trinajstić information content (AvgIpc) is 4.06. The summed E-state index contributed by atoms with van der Waals surface area (Å²) in [5.74, 6) is 1.51. The average molecular weight is 817 g/mol. The van der Waals surface area contributed by atoms with E-state index >= 15 is 0 Å². The highest BCUT2D eigenvalue weighted by Crippen LogP contribution is 2.38. The van der Waals surface area contributed by atoms with Crippen LogP contribution in [0.1, 0.15) is 78.1 Å². The number of carbonyl (C=O) groups excluding carboxylic acids is 4. The lowest BCUT2D eigenvalue weighted by Crippen LogP contribution is -2.51. The van der Waals surface area contributed by atoms with E-state index in [1.54, 1.807) is 0 Å². The van der Waals surface area contributed by atoms with E-state index in [-0.39, 0.29) is 47.6 Å². The molecule has 0 saturated carbocycles. The van der Waals surface area contributed by atoms with Crippen LogP contribution in [0, 0.1) is 23.7 Å². The topological polar surface area (TPSA) is 175 Å². The molecule has 2 aliphatic rings. The van der Waals surface area contributed by atoms with Crippen LogP contribution >= 0.6 is 0 Å². The van der Waals surface area contributed by atoms with Gasteiger partial charge in [-0.2, -0.15) is 0 Å². The molecule has 3 aromatic carbocycles. The number of H-pyrrole nitrogens is 2. The van der Waals surface area contributed by atoms with Crippen molar-refractivity contribution >= 4 is 35.0 Å². The van der Waals surface area contributed by atoms with E-state index in [9.17, 15) is 19.2 Å². The van der Waals surface area contributed by atoms with Gasteiger partial charge in [-0.05, 0) is 76.5 Å². The summed E-state index contributed by atoms with van der Waals surface area (Å²) >= 11 is 0. The summed E-state index contributed by atoms with van der Waals surface area (Å²) < 4.78 is 9.58. The van der Waals surface area contributed by atoms with Crippen LogP contribution in [0.2, 0.25) is 0 Å². The van der Waals surface area contributed by atoms with E-state index in [0.29, 0.717) is 13.1 Å². The molecule has 2 aliphatic heterocycles. The summed E-state index contributed by atoms with van der Waals surface area (Å²) in [6, 6.07) is 21.1. The second-order valence-corrected chi connectivity index (χ2v) is 17.1. The normalized spacial score (nSPS) is 20.1. The first kappa shape index (κ1) is 42.0. The van der Waals surface area contributed by atoms with E-state index in [0.717, 1.165) is 69.0 Å². The zero-order valence-corrected chi connectivity index (χ0v) is 35.6. The Morgan fingerprint density at radius 1 is 0.650 bits per heavy atom. The molecule has 316 valence electrons. The van der Waals surface area contributed by atoms with E-state index in [1.165, 1.54) is 14.2 Å². The fourth-order valence-electron chi connectivity index (χ4n) is 8.57. The Bertz CT molecular complexity index is 2330. The third kappa shape index (κ3) is 8.73. The highest BCUT2D eigenvalue weighted by atomic mass is 16.5. The number of benzene rings is 3. The maximum atomic E-state index is 13.8. The van der Waals surface area contributed by atoms with Crippen molar-refractivity contribution in [2.24, 2.45) is 23.7 Å². The first-order valence-corrected chi connectivity index (χ1v) is 20.8. The van der Waals surface area contributed by atoms with Gasteiger partial charge in [-0.3, -0.25) is 9.59 Å². The number of likely N-dealkylation sites (tertiary alicyclic amines) is 2. The summed E-state index contributed by atoms with van der Waals surface area (Å²) in [5, 5.41) is 5.44. The lowest BCUT2D eigenvalue weighted by atomic mass is 9.99. The first-order chi connectivity index (χ1) is 28.7. The largest absolute Gasteiger partial charge is 0.453 e. The van der Waals surface area contributed by atoms with Crippen LogP contribution in [-0.4, -0.2) is 93.1 Å². The molecule has 1 unspecified atom stereocenters. The molecule has 2 saturated heterocycles. The number of aromatic nitrogens is 4. The number of aromatic amines is 2. The fourth-order valence-corrected chi connectivity index (χ4v) is 8.57. The van der Waals surface area contributed by atoms with Gasteiger partial charge in [-0.1, -0.05) is 96.1 Å². The predicted octanol–water partition coefficient (Wildman–Crippen LogP) is 7.87. The highest BCUT2D eigenvalue weighted by Gasteiger charge is 2.41. The van der Waals surface area contributed by atoms with Crippen molar-refractivity contribution in [3.05, 3.63) is 84.6 Å². The maximum absolute atomic E-state index is 13.8. The second kappa shape index (κ2) is 17.6. The molecule has 4 N–H and O–H groups in total. The van der Waals surface area contributed by atoms with Gasteiger partial charge in [0.25, 0.3) is 0 Å². The van der Waals surface area contributed by atoms with E-state index in [2.05, 4.69) is 95.1 Å². The molecule has 4 amide bonds. The molecule has 14 heteroatoms. The van der Waals surface area contributed by atoms with E-state index in [4.69, 9.17) is 19.4 Å². The van der Waals surface area contributed by atoms with Gasteiger partial charge >= 0.3 is 12.2 Å². The van der Waals surface area contributed by atoms with Gasteiger partial charge in [0.05, 0.1) is 49.2 Å². The highest BCUT2D eigenvalue weighted by molar-refractivity contribution is 5.88. The molecule has 0 bridgehead atoms. The molecule has 14 nitrogen and oxygen atoms in total. The van der Waals surface area contributed by atoms with Gasteiger partial charge in [-0.25, -0.2) is 19.6 Å². The van der Waals surface area contributed by atoms with Crippen molar-refractivity contribution in [3.63, 3.8) is 0 Å². The Kier molecular flexibility index (Phi) is 12.3. The van der Waals surface area contributed by atoms with Crippen molar-refractivity contribution in [2.45, 2.75) is 78.6 Å². The molecule has 0 radical (unpaired) electrons. The van der Waals surface area contributed by atoms with Crippen LogP contribution in [0.5, 0.6) is 0 Å². The fraction of sp³-hybridized carbons (Fsp3) is 0.435. The zero-order valence-electron chi connectivity index (χ0n) is 35.6. The van der Waals surface area contributed by atoms with Crippen molar-refractivity contribution in [3.8, 4) is 33.5 Å². The van der Waals surface area contributed by atoms with Crippen LogP contribution in [0.4, 0.5) is 9.59 Å². The molecule has 0 aliphatic carbocycles. The van der Waals surface area contributed by atoms with Gasteiger partial charge in [0, 0.05) is 13.1 Å². The Labute approximate surface area is 350 Å². The number of hydrogen-bond donors (Lipinski definition) is 4. The van der Waals surface area contributed by atoms with Crippen LogP contribution in [0.3, 0.4) is 0 Å². The summed E-state index contributed by atoms with van der Waals surface area (Å²) in [6.07, 6.45) is 2.10. The number of nitrogens with zero attached hydrogens (tertiary/aromatic N) is 4. The smallest absolute Gasteiger partial charge is 0.407 e. The molecule has 5 aromatic rings. The SMILES string of the molecule is COC(=O)NC(C(=O)N1C[C@@H](C)C[C@H]1c1nc2ccc(-c3ccc(-c4ccc(-c5cnc([C@@H]6C[C@H](C)CN6C(=O)[C@@H](NC(=O)OC)C(C)C)[nH]5)cc4)cc3)cc2[nH]1)C(C)C. The molecule has 2 fully saturated rings. The number of nitrogens with one attached hydrogen (secondary N) is 4. The minimum absolute atomic E-state index is 0.113. The number of imidazole rings is 2. The van der Waals surface area contributed by atoms with Crippen LogP contribution in [-0.2, 0) is 19.1 Å². The van der Waals surface area contributed by atoms with Gasteiger partial charge < -0.3 is 39.9 Å². The third-order valence-electron chi connectivity index (χ3n) is 11.8. The molecular weight excluding hydrogens is 761 g/mol. The Morgan fingerprint density at radius 2 is 1.10 bits per heavy atom. The minimum atomic E-state index is -0.701. The summed E-state index contributed by atoms with van der Waals surface area (Å²) in [4.78, 5) is 71.8. The Morgan fingerprint density at radius 3 is 1.58 bits per heavy atom. The number of alkyl carbamates (subject to hydrolysis) is 2. The number of fused-ring (bicyclic) bond motifs is 1. The molecule has 7 rings (SSSR count). The lowest BCUT2D eigenvalue weighted by molar-refractivity contribution is -0.136. The Balaban J connectivity index is 1.03. The van der Waals surface area contributed by atoms with Crippen LogP contribution < -0.4 is 10.6 Å². The standard InChI is InChI=1S/C46H56N8O6/c1-25(2)39(51-45(57)59-7)43(55)53-23-27(5)19-37(53)41-47-22-36(50-41)32-15-13-30(14-16-32)29-9-11-31(12-10-29)33-17-18-34-35(21-33)49-42(48-34)38-20-28(6)24-54(38)44(56)40(26(3)4)52-46(58)60-8/h9-18,21-22,25-28,37-40H,19-20,23-24H2,1-8H3,(H,47,50)(H,48,49)(H,51,57)(H,52,58)/t27-,28-,37-,38-,39-,40?/m0/s1. The number of methoxy groups -OCH3 is 2. The minimum Gasteiger partial charge on any atom is -0.453 e. The maximum Gasteiger partial charge on any atom is 0.407 e. The van der Waals surface area contributed by atoms with Gasteiger partial charge in [0.2, 0.25) is 11.8 Å². The number of hydrogen-bond acceptors (Lipinski definition) is 8. The molecular formula is C46H56N8O6. The van der Waals surface area contributed by atoms with E-state index < -0.39 is 24.3 Å². The van der Waals surface area contributed by atoms with Crippen molar-refractivity contribution in [2.75, 3.05) is 27.3 Å². The number of amides is 4. The summed E-state index contributed by atoms with van der Waals surface area (Å²) in [5.41, 5.74) is 7.82. The van der Waals surface area contributed by atoms with Crippen LogP contribution in [0.25, 0.3) is 44.5 Å². The van der Waals surface area contributed by atoms with Gasteiger partial charge in [0.1, 0.15) is 23.7 Å². The molecule has 0 spiro atoms. The van der Waals surface area contributed by atoms with Gasteiger partial charge in [0.15, 0.2) is 0 Å². The van der Waals surface area contributed by atoms with Crippen molar-refractivity contribution < 1.29 is 28.7 Å². The van der Waals surface area contributed by atoms with Crippen LogP contribution in [0.15, 0.2) is 72.9 Å². The number of rotatable bonds is 11. The zero-order chi connectivity index (χ0) is 42.8. The molecule has 6 atom stereocenters. The number of carbonyl (C=O) groups is 4. The molecule has 4 heterocycles. The quantitative estimate of drug-likeness (QED) is 0.104. The summed E-state index contributed by atoms with van der Waals surface area (Å²) in [7, 11) is 2.59. The van der Waals surface area contributed by atoms with Crippen molar-refractivity contribution in [1.29, 1.82) is 0 Å². The third-order valence-corrected chi connectivity index (χ3v) is 11.8. The lowest BCUT2D eigenvalue weighted by Gasteiger charge is -2.30. The summed E-state index contributed by atoms with van der Waals surface area (Å²) in [6.45, 7) is 13.0. The number of ether oxygens (including phenoxy) is 2. The molecule has 2 aromatic heterocycles. The Hall–Kier alpha value is -6.18. The second-order valence-electron chi connectivity index (χ2n) is 17.1. The molecule has 60 heavy (non-hydrogen) atoms. The van der Waals surface area contributed by atoms with Crippen molar-refractivity contribution in [1.82, 2.24) is 40.4 Å². The monoisotopic (exact) mass is 816 g/mol. The van der Waals surface area contributed by atoms with E-state index in [1.807, 2.05) is 49.8 Å².